The van der Waals surface area contributed by atoms with E-state index in [2.05, 4.69) is 5.10 Å². The molecule has 0 bridgehead atoms. The summed E-state index contributed by atoms with van der Waals surface area (Å²) in [4.78, 5) is 0. The third kappa shape index (κ3) is 2.48. The van der Waals surface area contributed by atoms with Crippen LogP contribution in [0.5, 0.6) is 0 Å². The van der Waals surface area contributed by atoms with Gasteiger partial charge in [0.25, 0.3) is 6.43 Å². The van der Waals surface area contributed by atoms with Gasteiger partial charge in [-0.1, -0.05) is 0 Å². The van der Waals surface area contributed by atoms with Gasteiger partial charge in [-0.05, 0) is 13.0 Å². The molecule has 3 nitrogen and oxygen atoms in total. The summed E-state index contributed by atoms with van der Waals surface area (Å²) >= 11 is 0. The van der Waals surface area contributed by atoms with Gasteiger partial charge < -0.3 is 5.73 Å². The van der Waals surface area contributed by atoms with E-state index in [1.165, 1.54) is 0 Å². The van der Waals surface area contributed by atoms with Crippen LogP contribution in [0.4, 0.5) is 8.78 Å². The number of nitrogens with zero attached hydrogens (tertiary/aromatic N) is 2. The summed E-state index contributed by atoms with van der Waals surface area (Å²) in [5, 5.41) is 4.04. The van der Waals surface area contributed by atoms with Crippen LogP contribution in [0.1, 0.15) is 11.4 Å². The minimum atomic E-state index is -2.48. The van der Waals surface area contributed by atoms with Crippen LogP contribution in [0.25, 0.3) is 0 Å². The number of rotatable bonds is 3. The normalized spacial score (nSPS) is 13.7. The Bertz CT molecular complexity index is 263. The van der Waals surface area contributed by atoms with Gasteiger partial charge in [-0.15, -0.1) is 0 Å². The second kappa shape index (κ2) is 3.83. The third-order valence-electron chi connectivity index (χ3n) is 1.93. The van der Waals surface area contributed by atoms with Crippen LogP contribution in [-0.4, -0.2) is 22.2 Å². The molecule has 0 aliphatic heterocycles. The SMILES string of the molecule is Cc1cc(CC(N)C(F)F)nn1C. The molecule has 0 saturated heterocycles. The Morgan fingerprint density at radius 1 is 1.62 bits per heavy atom. The zero-order valence-electron chi connectivity index (χ0n) is 7.67. The van der Waals surface area contributed by atoms with Crippen molar-refractivity contribution in [2.24, 2.45) is 12.8 Å². The minimum absolute atomic E-state index is 0.124. The molecule has 1 aromatic rings. The number of aryl methyl sites for hydroxylation is 2. The number of hydrogen-bond donors (Lipinski definition) is 1. The van der Waals surface area contributed by atoms with Crippen LogP contribution >= 0.6 is 0 Å². The number of aromatic nitrogens is 2. The van der Waals surface area contributed by atoms with E-state index in [1.807, 2.05) is 6.92 Å². The highest BCUT2D eigenvalue weighted by molar-refractivity contribution is 5.09. The Morgan fingerprint density at radius 2 is 2.23 bits per heavy atom. The second-order valence-corrected chi connectivity index (χ2v) is 3.10. The van der Waals surface area contributed by atoms with E-state index in [0.717, 1.165) is 5.69 Å². The van der Waals surface area contributed by atoms with Gasteiger partial charge in [-0.25, -0.2) is 8.78 Å². The van der Waals surface area contributed by atoms with Gasteiger partial charge in [-0.2, -0.15) is 5.10 Å². The predicted molar refractivity (Wildman–Crippen MR) is 45.6 cm³/mol. The molecule has 0 fully saturated rings. The summed E-state index contributed by atoms with van der Waals surface area (Å²) in [5.74, 6) is 0. The topological polar surface area (TPSA) is 43.8 Å². The molecule has 0 saturated carbocycles. The monoisotopic (exact) mass is 189 g/mol. The van der Waals surface area contributed by atoms with Crippen molar-refractivity contribution < 1.29 is 8.78 Å². The number of nitrogens with two attached hydrogens (primary N) is 1. The first-order valence-electron chi connectivity index (χ1n) is 4.04. The average Bonchev–Trinajstić information content (AvgIpc) is 2.31. The van der Waals surface area contributed by atoms with E-state index >= 15 is 0 Å². The van der Waals surface area contributed by atoms with E-state index in [-0.39, 0.29) is 6.42 Å². The van der Waals surface area contributed by atoms with E-state index in [4.69, 9.17) is 5.73 Å². The lowest BCUT2D eigenvalue weighted by atomic mass is 10.2. The largest absolute Gasteiger partial charge is 0.323 e. The summed E-state index contributed by atoms with van der Waals surface area (Å²) in [5.41, 5.74) is 6.77. The second-order valence-electron chi connectivity index (χ2n) is 3.10. The number of alkyl halides is 2. The van der Waals surface area contributed by atoms with Crippen molar-refractivity contribution in [3.8, 4) is 0 Å². The van der Waals surface area contributed by atoms with Crippen LogP contribution in [0.15, 0.2) is 6.07 Å². The predicted octanol–water partition coefficient (Wildman–Crippen LogP) is 0.863. The lowest BCUT2D eigenvalue weighted by molar-refractivity contribution is 0.115. The van der Waals surface area contributed by atoms with Gasteiger partial charge in [-0.3, -0.25) is 4.68 Å². The summed E-state index contributed by atoms with van der Waals surface area (Å²) < 4.78 is 25.8. The maximum Gasteiger partial charge on any atom is 0.253 e. The summed E-state index contributed by atoms with van der Waals surface area (Å²) in [6.07, 6.45) is -2.36. The van der Waals surface area contributed by atoms with Crippen LogP contribution in [0, 0.1) is 6.92 Å². The molecule has 2 N–H and O–H groups in total. The molecule has 0 spiro atoms. The fourth-order valence-electron chi connectivity index (χ4n) is 1.07. The maximum absolute atomic E-state index is 12.1. The Balaban J connectivity index is 2.64. The van der Waals surface area contributed by atoms with E-state index in [9.17, 15) is 8.78 Å². The number of halogens is 2. The molecule has 1 rings (SSSR count). The summed E-state index contributed by atoms with van der Waals surface area (Å²) in [6, 6.07) is 0.650. The molecule has 0 aromatic carbocycles. The van der Waals surface area contributed by atoms with Crippen LogP contribution < -0.4 is 5.73 Å². The number of hydrogen-bond acceptors (Lipinski definition) is 2. The molecule has 0 aliphatic carbocycles. The highest BCUT2D eigenvalue weighted by Crippen LogP contribution is 2.07. The molecule has 5 heteroatoms. The first-order valence-corrected chi connectivity index (χ1v) is 4.04. The molecule has 74 valence electrons. The Kier molecular flexibility index (Phi) is 2.98. The highest BCUT2D eigenvalue weighted by Gasteiger charge is 2.17. The lowest BCUT2D eigenvalue weighted by Crippen LogP contribution is -2.31. The Labute approximate surface area is 75.5 Å². The molecule has 13 heavy (non-hydrogen) atoms. The van der Waals surface area contributed by atoms with Crippen molar-refractivity contribution in [1.29, 1.82) is 0 Å². The lowest BCUT2D eigenvalue weighted by Gasteiger charge is -2.06. The summed E-state index contributed by atoms with van der Waals surface area (Å²) in [6.45, 7) is 1.87. The molecular weight excluding hydrogens is 176 g/mol. The van der Waals surface area contributed by atoms with Crippen molar-refractivity contribution >= 4 is 0 Å². The molecule has 1 heterocycles. The molecular formula is C8H13F2N3. The fourth-order valence-corrected chi connectivity index (χ4v) is 1.07. The van der Waals surface area contributed by atoms with E-state index in [0.29, 0.717) is 5.69 Å². The smallest absolute Gasteiger partial charge is 0.253 e. The Morgan fingerprint density at radius 3 is 2.62 bits per heavy atom. The standard InChI is InChI=1S/C8H13F2N3/c1-5-3-6(12-13(5)2)4-7(11)8(9)10/h3,7-8H,4,11H2,1-2H3. The zero-order valence-corrected chi connectivity index (χ0v) is 7.67. The summed E-state index contributed by atoms with van der Waals surface area (Å²) in [7, 11) is 1.77. The van der Waals surface area contributed by atoms with Crippen LogP contribution in [-0.2, 0) is 13.5 Å². The zero-order chi connectivity index (χ0) is 10.0. The highest BCUT2D eigenvalue weighted by atomic mass is 19.3. The quantitative estimate of drug-likeness (QED) is 0.766. The van der Waals surface area contributed by atoms with Crippen molar-refractivity contribution in [3.63, 3.8) is 0 Å². The molecule has 1 aromatic heterocycles. The van der Waals surface area contributed by atoms with Gasteiger partial charge >= 0.3 is 0 Å². The molecule has 1 unspecified atom stereocenters. The molecule has 1 atom stereocenters. The van der Waals surface area contributed by atoms with Gasteiger partial charge in [0, 0.05) is 19.2 Å². The first-order chi connectivity index (χ1) is 6.00. The van der Waals surface area contributed by atoms with E-state index < -0.39 is 12.5 Å². The van der Waals surface area contributed by atoms with Crippen LogP contribution in [0.3, 0.4) is 0 Å². The van der Waals surface area contributed by atoms with Crippen molar-refractivity contribution in [3.05, 3.63) is 17.5 Å². The van der Waals surface area contributed by atoms with E-state index in [1.54, 1.807) is 17.8 Å². The van der Waals surface area contributed by atoms with Crippen LogP contribution in [0.2, 0.25) is 0 Å². The maximum atomic E-state index is 12.1. The van der Waals surface area contributed by atoms with Gasteiger partial charge in [0.15, 0.2) is 0 Å². The molecule has 0 amide bonds. The fraction of sp³-hybridized carbons (Fsp3) is 0.625. The third-order valence-corrected chi connectivity index (χ3v) is 1.93. The van der Waals surface area contributed by atoms with Gasteiger partial charge in [0.2, 0.25) is 0 Å². The van der Waals surface area contributed by atoms with Gasteiger partial charge in [0.05, 0.1) is 11.7 Å². The average molecular weight is 189 g/mol. The first kappa shape index (κ1) is 10.1. The molecule has 0 aliphatic rings. The Hall–Kier alpha value is -0.970. The van der Waals surface area contributed by atoms with Crippen molar-refractivity contribution in [1.82, 2.24) is 9.78 Å². The molecule has 0 radical (unpaired) electrons. The van der Waals surface area contributed by atoms with Gasteiger partial charge in [0.1, 0.15) is 0 Å². The minimum Gasteiger partial charge on any atom is -0.323 e. The van der Waals surface area contributed by atoms with Crippen molar-refractivity contribution in [2.45, 2.75) is 25.8 Å². The van der Waals surface area contributed by atoms with Crippen molar-refractivity contribution in [2.75, 3.05) is 0 Å².